The average Bonchev–Trinajstić information content (AvgIpc) is 2.30. The summed E-state index contributed by atoms with van der Waals surface area (Å²) < 4.78 is 11.0. The second-order valence-corrected chi connectivity index (χ2v) is 3.72. The molecular formula is C12H14O3. The van der Waals surface area contributed by atoms with Crippen molar-refractivity contribution in [2.45, 2.75) is 13.2 Å². The lowest BCUT2D eigenvalue weighted by molar-refractivity contribution is -0.204. The van der Waals surface area contributed by atoms with Gasteiger partial charge in [0, 0.05) is 5.56 Å². The number of rotatable bonds is 2. The highest BCUT2D eigenvalue weighted by atomic mass is 16.7. The molecular weight excluding hydrogens is 192 g/mol. The fraction of sp³-hybridized carbons (Fsp3) is 0.417. The molecule has 1 saturated heterocycles. The lowest BCUT2D eigenvalue weighted by Crippen LogP contribution is -2.31. The maximum atomic E-state index is 11.1. The molecule has 1 aliphatic rings. The number of carbonyl (C=O) groups is 1. The number of benzene rings is 1. The topological polar surface area (TPSA) is 35.5 Å². The molecule has 0 radical (unpaired) electrons. The van der Waals surface area contributed by atoms with Crippen LogP contribution in [0.4, 0.5) is 0 Å². The normalized spacial score (nSPS) is 26.2. The molecule has 0 saturated carbocycles. The van der Waals surface area contributed by atoms with Crippen LogP contribution >= 0.6 is 0 Å². The smallest absolute Gasteiger partial charge is 0.183 e. The molecule has 0 amide bonds. The van der Waals surface area contributed by atoms with Crippen LogP contribution in [0.3, 0.4) is 0 Å². The Morgan fingerprint density at radius 1 is 1.20 bits per heavy atom. The lowest BCUT2D eigenvalue weighted by Gasteiger charge is -2.28. The minimum absolute atomic E-state index is 0.107. The number of hydrogen-bond donors (Lipinski definition) is 0. The molecule has 1 aromatic rings. The zero-order chi connectivity index (χ0) is 10.7. The van der Waals surface area contributed by atoms with Crippen molar-refractivity contribution in [1.82, 2.24) is 0 Å². The molecule has 3 nitrogen and oxygen atoms in total. The van der Waals surface area contributed by atoms with Gasteiger partial charge in [-0.05, 0) is 6.92 Å². The molecule has 15 heavy (non-hydrogen) atoms. The van der Waals surface area contributed by atoms with E-state index in [0.717, 1.165) is 5.56 Å². The second kappa shape index (κ2) is 4.55. The molecule has 2 rings (SSSR count). The molecule has 0 atom stereocenters. The number of hydrogen-bond acceptors (Lipinski definition) is 3. The summed E-state index contributed by atoms with van der Waals surface area (Å²) in [5, 5.41) is 0. The average molecular weight is 206 g/mol. The van der Waals surface area contributed by atoms with E-state index in [-0.39, 0.29) is 18.0 Å². The van der Waals surface area contributed by atoms with Gasteiger partial charge in [0.1, 0.15) is 5.78 Å². The monoisotopic (exact) mass is 206 g/mol. The van der Waals surface area contributed by atoms with E-state index < -0.39 is 0 Å². The fourth-order valence-corrected chi connectivity index (χ4v) is 1.54. The predicted octanol–water partition coefficient (Wildman–Crippen LogP) is 1.94. The lowest BCUT2D eigenvalue weighted by atomic mass is 10.1. The van der Waals surface area contributed by atoms with Crippen LogP contribution in [-0.2, 0) is 14.3 Å². The van der Waals surface area contributed by atoms with E-state index in [9.17, 15) is 4.79 Å². The van der Waals surface area contributed by atoms with Crippen LogP contribution < -0.4 is 0 Å². The van der Waals surface area contributed by atoms with Crippen LogP contribution in [0.25, 0.3) is 0 Å². The third kappa shape index (κ3) is 2.43. The van der Waals surface area contributed by atoms with Crippen molar-refractivity contribution in [3.05, 3.63) is 35.9 Å². The summed E-state index contributed by atoms with van der Waals surface area (Å²) in [6.45, 7) is 2.48. The summed E-state index contributed by atoms with van der Waals surface area (Å²) in [6.07, 6.45) is -0.318. The number of ketones is 1. The Morgan fingerprint density at radius 2 is 1.80 bits per heavy atom. The van der Waals surface area contributed by atoms with Gasteiger partial charge in [-0.15, -0.1) is 0 Å². The second-order valence-electron chi connectivity index (χ2n) is 3.72. The van der Waals surface area contributed by atoms with Gasteiger partial charge in [0.15, 0.2) is 6.29 Å². The first-order valence-electron chi connectivity index (χ1n) is 5.06. The van der Waals surface area contributed by atoms with Gasteiger partial charge in [-0.1, -0.05) is 30.3 Å². The van der Waals surface area contributed by atoms with Crippen molar-refractivity contribution in [1.29, 1.82) is 0 Å². The first-order valence-corrected chi connectivity index (χ1v) is 5.06. The zero-order valence-electron chi connectivity index (χ0n) is 8.68. The quantitative estimate of drug-likeness (QED) is 0.741. The standard InChI is InChI=1S/C12H14O3/c1-9(13)11-7-14-12(15-8-11)10-5-3-2-4-6-10/h2-6,11-12H,7-8H2,1H3. The van der Waals surface area contributed by atoms with Crippen molar-refractivity contribution < 1.29 is 14.3 Å². The van der Waals surface area contributed by atoms with Crippen molar-refractivity contribution in [2.24, 2.45) is 5.92 Å². The highest BCUT2D eigenvalue weighted by molar-refractivity contribution is 5.78. The van der Waals surface area contributed by atoms with Gasteiger partial charge >= 0.3 is 0 Å². The van der Waals surface area contributed by atoms with Crippen LogP contribution in [0.5, 0.6) is 0 Å². The van der Waals surface area contributed by atoms with Crippen LogP contribution in [0, 0.1) is 5.92 Å². The van der Waals surface area contributed by atoms with Crippen LogP contribution in [0.15, 0.2) is 30.3 Å². The van der Waals surface area contributed by atoms with E-state index in [2.05, 4.69) is 0 Å². The Kier molecular flexibility index (Phi) is 3.14. The zero-order valence-corrected chi connectivity index (χ0v) is 8.68. The minimum atomic E-state index is -0.318. The van der Waals surface area contributed by atoms with Crippen LogP contribution in [-0.4, -0.2) is 19.0 Å². The van der Waals surface area contributed by atoms with Gasteiger partial charge in [-0.2, -0.15) is 0 Å². The Labute approximate surface area is 89.0 Å². The maximum Gasteiger partial charge on any atom is 0.183 e. The SMILES string of the molecule is CC(=O)C1COC(c2ccccc2)OC1. The molecule has 0 aromatic heterocycles. The van der Waals surface area contributed by atoms with Gasteiger partial charge in [0.05, 0.1) is 19.1 Å². The van der Waals surface area contributed by atoms with Crippen molar-refractivity contribution >= 4 is 5.78 Å². The highest BCUT2D eigenvalue weighted by Gasteiger charge is 2.25. The summed E-state index contributed by atoms with van der Waals surface area (Å²) in [4.78, 5) is 11.1. The van der Waals surface area contributed by atoms with E-state index in [4.69, 9.17) is 9.47 Å². The fourth-order valence-electron chi connectivity index (χ4n) is 1.54. The number of Topliss-reactive ketones (excluding diaryl/α,β-unsaturated/α-hetero) is 1. The van der Waals surface area contributed by atoms with Gasteiger partial charge in [-0.3, -0.25) is 4.79 Å². The molecule has 1 aromatic carbocycles. The van der Waals surface area contributed by atoms with E-state index >= 15 is 0 Å². The van der Waals surface area contributed by atoms with E-state index in [1.54, 1.807) is 6.92 Å². The molecule has 1 fully saturated rings. The van der Waals surface area contributed by atoms with Crippen molar-refractivity contribution in [3.63, 3.8) is 0 Å². The molecule has 3 heteroatoms. The molecule has 1 heterocycles. The first kappa shape index (κ1) is 10.3. The Bertz CT molecular complexity index is 326. The van der Waals surface area contributed by atoms with Crippen molar-refractivity contribution in [3.8, 4) is 0 Å². The van der Waals surface area contributed by atoms with E-state index in [1.807, 2.05) is 30.3 Å². The Morgan fingerprint density at radius 3 is 2.33 bits per heavy atom. The van der Waals surface area contributed by atoms with Gasteiger partial charge in [0.2, 0.25) is 0 Å². The largest absolute Gasteiger partial charge is 0.348 e. The first-order chi connectivity index (χ1) is 7.27. The minimum Gasteiger partial charge on any atom is -0.348 e. The number of ether oxygens (including phenoxy) is 2. The third-order valence-electron chi connectivity index (χ3n) is 2.54. The van der Waals surface area contributed by atoms with Gasteiger partial charge in [0.25, 0.3) is 0 Å². The molecule has 0 spiro atoms. The maximum absolute atomic E-state index is 11.1. The van der Waals surface area contributed by atoms with Gasteiger partial charge in [-0.25, -0.2) is 0 Å². The Balaban J connectivity index is 1.97. The summed E-state index contributed by atoms with van der Waals surface area (Å²) >= 11 is 0. The van der Waals surface area contributed by atoms with Crippen molar-refractivity contribution in [2.75, 3.05) is 13.2 Å². The molecule has 0 N–H and O–H groups in total. The van der Waals surface area contributed by atoms with E-state index in [1.165, 1.54) is 0 Å². The summed E-state index contributed by atoms with van der Waals surface area (Å²) in [7, 11) is 0. The van der Waals surface area contributed by atoms with Gasteiger partial charge < -0.3 is 9.47 Å². The molecule has 1 aliphatic heterocycles. The Hall–Kier alpha value is -1.19. The van der Waals surface area contributed by atoms with Crippen LogP contribution in [0.1, 0.15) is 18.8 Å². The van der Waals surface area contributed by atoms with E-state index in [0.29, 0.717) is 13.2 Å². The summed E-state index contributed by atoms with van der Waals surface area (Å²) in [5.74, 6) is 0.0199. The molecule has 80 valence electrons. The third-order valence-corrected chi connectivity index (χ3v) is 2.54. The molecule has 0 unspecified atom stereocenters. The summed E-state index contributed by atoms with van der Waals surface area (Å²) in [5.41, 5.74) is 1.000. The molecule has 0 aliphatic carbocycles. The summed E-state index contributed by atoms with van der Waals surface area (Å²) in [6, 6.07) is 9.75. The van der Waals surface area contributed by atoms with Crippen LogP contribution in [0.2, 0.25) is 0 Å². The highest BCUT2D eigenvalue weighted by Crippen LogP contribution is 2.24. The molecule has 0 bridgehead atoms. The predicted molar refractivity (Wildman–Crippen MR) is 55.3 cm³/mol. The number of carbonyl (C=O) groups excluding carboxylic acids is 1.